The van der Waals surface area contributed by atoms with Crippen LogP contribution in [0.5, 0.6) is 11.5 Å². The summed E-state index contributed by atoms with van der Waals surface area (Å²) in [7, 11) is 1.69. The Kier molecular flexibility index (Phi) is 4.95. The molecule has 0 aromatic heterocycles. The van der Waals surface area contributed by atoms with Crippen molar-refractivity contribution in [3.8, 4) is 11.5 Å². The van der Waals surface area contributed by atoms with Crippen LogP contribution in [-0.2, 0) is 5.41 Å². The van der Waals surface area contributed by atoms with Gasteiger partial charge in [0.1, 0.15) is 11.5 Å². The summed E-state index contributed by atoms with van der Waals surface area (Å²) in [6, 6.07) is 12.5. The molecule has 0 fully saturated rings. The molecule has 3 rings (SSSR count). The highest BCUT2D eigenvalue weighted by Crippen LogP contribution is 2.40. The zero-order chi connectivity index (χ0) is 18.0. The molecule has 0 bridgehead atoms. The molecule has 5 heteroatoms. The van der Waals surface area contributed by atoms with Crippen molar-refractivity contribution in [2.24, 2.45) is 5.73 Å². The maximum absolute atomic E-state index is 6.10. The zero-order valence-electron chi connectivity index (χ0n) is 14.7. The Morgan fingerprint density at radius 3 is 2.60 bits per heavy atom. The van der Waals surface area contributed by atoms with Crippen LogP contribution in [0.1, 0.15) is 23.6 Å². The molecule has 2 aromatic carbocycles. The van der Waals surface area contributed by atoms with Crippen molar-refractivity contribution in [3.63, 3.8) is 0 Å². The smallest absolute Gasteiger partial charge is 0.121 e. The number of hydrogen-bond donors (Lipinski definition) is 2. The van der Waals surface area contributed by atoms with E-state index in [-0.39, 0.29) is 5.41 Å². The van der Waals surface area contributed by atoms with Crippen LogP contribution in [0.25, 0.3) is 0 Å². The fourth-order valence-electron chi connectivity index (χ4n) is 3.37. The molecule has 0 spiro atoms. The van der Waals surface area contributed by atoms with Gasteiger partial charge in [-0.15, -0.1) is 0 Å². The third-order valence-corrected chi connectivity index (χ3v) is 5.04. The topological polar surface area (TPSA) is 56.5 Å². The van der Waals surface area contributed by atoms with Gasteiger partial charge in [0.2, 0.25) is 0 Å². The summed E-state index contributed by atoms with van der Waals surface area (Å²) in [5.74, 6) is 2.41. The van der Waals surface area contributed by atoms with E-state index < -0.39 is 0 Å². The predicted molar refractivity (Wildman–Crippen MR) is 104 cm³/mol. The predicted octanol–water partition coefficient (Wildman–Crippen LogP) is 3.85. The van der Waals surface area contributed by atoms with Crippen molar-refractivity contribution in [2.75, 3.05) is 20.3 Å². The van der Waals surface area contributed by atoms with Crippen LogP contribution in [-0.4, -0.2) is 20.3 Å². The van der Waals surface area contributed by atoms with Gasteiger partial charge in [-0.05, 0) is 60.9 Å². The van der Waals surface area contributed by atoms with Gasteiger partial charge >= 0.3 is 0 Å². The third-order valence-electron chi connectivity index (χ3n) is 4.58. The second-order valence-electron chi connectivity index (χ2n) is 6.22. The molecular formula is C20H23BrN2O2. The SMILES string of the molecule is CCOc1cc(Br)cc(C2(c3ccc(OC)c(C)c3)C=C(N)NC2)c1. The minimum atomic E-state index is -0.350. The van der Waals surface area contributed by atoms with Gasteiger partial charge < -0.3 is 20.5 Å². The van der Waals surface area contributed by atoms with Crippen LogP contribution in [0, 0.1) is 6.92 Å². The van der Waals surface area contributed by atoms with E-state index in [1.165, 1.54) is 5.56 Å². The normalized spacial score (nSPS) is 19.3. The molecule has 0 radical (unpaired) electrons. The maximum atomic E-state index is 6.10. The average molecular weight is 403 g/mol. The Hall–Kier alpha value is -2.14. The van der Waals surface area contributed by atoms with E-state index in [0.29, 0.717) is 19.0 Å². The number of ether oxygens (including phenoxy) is 2. The van der Waals surface area contributed by atoms with Gasteiger partial charge in [0.15, 0.2) is 0 Å². The molecule has 1 unspecified atom stereocenters. The summed E-state index contributed by atoms with van der Waals surface area (Å²) in [5, 5.41) is 3.28. The fourth-order valence-corrected chi connectivity index (χ4v) is 3.84. The lowest BCUT2D eigenvalue weighted by Gasteiger charge is -2.29. The third kappa shape index (κ3) is 3.33. The summed E-state index contributed by atoms with van der Waals surface area (Å²) in [6.45, 7) is 5.36. The van der Waals surface area contributed by atoms with Gasteiger partial charge in [0.05, 0.1) is 25.0 Å². The number of methoxy groups -OCH3 is 1. The first kappa shape index (κ1) is 17.7. The Labute approximate surface area is 157 Å². The largest absolute Gasteiger partial charge is 0.496 e. The summed E-state index contributed by atoms with van der Waals surface area (Å²) >= 11 is 3.61. The molecular weight excluding hydrogens is 380 g/mol. The van der Waals surface area contributed by atoms with Crippen LogP contribution in [0.4, 0.5) is 0 Å². The maximum Gasteiger partial charge on any atom is 0.121 e. The minimum Gasteiger partial charge on any atom is -0.496 e. The fraction of sp³-hybridized carbons (Fsp3) is 0.300. The number of benzene rings is 2. The van der Waals surface area contributed by atoms with Gasteiger partial charge in [0, 0.05) is 11.0 Å². The van der Waals surface area contributed by atoms with Crippen molar-refractivity contribution in [2.45, 2.75) is 19.3 Å². The summed E-state index contributed by atoms with van der Waals surface area (Å²) in [5.41, 5.74) is 9.14. The molecule has 0 saturated carbocycles. The molecule has 1 aliphatic rings. The molecule has 4 nitrogen and oxygen atoms in total. The molecule has 1 atom stereocenters. The van der Waals surface area contributed by atoms with Crippen LogP contribution < -0.4 is 20.5 Å². The lowest BCUT2D eigenvalue weighted by Crippen LogP contribution is -2.31. The number of rotatable bonds is 5. The van der Waals surface area contributed by atoms with Crippen LogP contribution >= 0.6 is 15.9 Å². The van der Waals surface area contributed by atoms with E-state index >= 15 is 0 Å². The average Bonchev–Trinajstić information content (AvgIpc) is 2.98. The van der Waals surface area contributed by atoms with Crippen molar-refractivity contribution in [3.05, 3.63) is 69.5 Å². The first-order chi connectivity index (χ1) is 12.0. The Morgan fingerprint density at radius 1 is 1.20 bits per heavy atom. The summed E-state index contributed by atoms with van der Waals surface area (Å²) < 4.78 is 12.1. The van der Waals surface area contributed by atoms with Crippen LogP contribution in [0.2, 0.25) is 0 Å². The highest BCUT2D eigenvalue weighted by molar-refractivity contribution is 9.10. The molecule has 3 N–H and O–H groups in total. The molecule has 2 aromatic rings. The van der Waals surface area contributed by atoms with E-state index in [9.17, 15) is 0 Å². The summed E-state index contributed by atoms with van der Waals surface area (Å²) in [4.78, 5) is 0. The number of halogens is 1. The highest BCUT2D eigenvalue weighted by Gasteiger charge is 2.37. The molecule has 1 aliphatic heterocycles. The zero-order valence-corrected chi connectivity index (χ0v) is 16.3. The molecule has 1 heterocycles. The van der Waals surface area contributed by atoms with Gasteiger partial charge in [-0.3, -0.25) is 0 Å². The number of aryl methyl sites for hydroxylation is 1. The Balaban J connectivity index is 2.17. The Morgan fingerprint density at radius 2 is 2.00 bits per heavy atom. The first-order valence-electron chi connectivity index (χ1n) is 8.29. The van der Waals surface area contributed by atoms with Crippen LogP contribution in [0.3, 0.4) is 0 Å². The van der Waals surface area contributed by atoms with E-state index in [0.717, 1.165) is 27.1 Å². The standard InChI is InChI=1S/C20H23BrN2O2/c1-4-25-17-9-15(8-16(21)10-17)20(11-19(22)23-12-20)14-5-6-18(24-3)13(2)7-14/h5-11,23H,4,12,22H2,1-3H3. The van der Waals surface area contributed by atoms with Crippen molar-refractivity contribution in [1.29, 1.82) is 0 Å². The van der Waals surface area contributed by atoms with E-state index in [4.69, 9.17) is 15.2 Å². The summed E-state index contributed by atoms with van der Waals surface area (Å²) in [6.07, 6.45) is 2.09. The van der Waals surface area contributed by atoms with E-state index in [1.54, 1.807) is 7.11 Å². The number of nitrogens with one attached hydrogen (secondary N) is 1. The molecule has 0 aliphatic carbocycles. The lowest BCUT2D eigenvalue weighted by atomic mass is 9.75. The molecule has 132 valence electrons. The first-order valence-corrected chi connectivity index (χ1v) is 9.09. The minimum absolute atomic E-state index is 0.350. The van der Waals surface area contributed by atoms with Crippen LogP contribution in [0.15, 0.2) is 52.8 Å². The number of hydrogen-bond acceptors (Lipinski definition) is 4. The molecule has 0 saturated heterocycles. The van der Waals surface area contributed by atoms with Gasteiger partial charge in [0.25, 0.3) is 0 Å². The second kappa shape index (κ2) is 7.00. The van der Waals surface area contributed by atoms with Gasteiger partial charge in [-0.1, -0.05) is 28.1 Å². The van der Waals surface area contributed by atoms with E-state index in [1.807, 2.05) is 19.1 Å². The Bertz CT molecular complexity index is 819. The van der Waals surface area contributed by atoms with Crippen molar-refractivity contribution >= 4 is 15.9 Å². The quantitative estimate of drug-likeness (QED) is 0.796. The molecule has 0 amide bonds. The van der Waals surface area contributed by atoms with Gasteiger partial charge in [-0.2, -0.15) is 0 Å². The lowest BCUT2D eigenvalue weighted by molar-refractivity contribution is 0.339. The van der Waals surface area contributed by atoms with Gasteiger partial charge in [-0.25, -0.2) is 0 Å². The highest BCUT2D eigenvalue weighted by atomic mass is 79.9. The monoisotopic (exact) mass is 402 g/mol. The number of nitrogens with two attached hydrogens (primary N) is 1. The second-order valence-corrected chi connectivity index (χ2v) is 7.13. The van der Waals surface area contributed by atoms with Crippen molar-refractivity contribution < 1.29 is 9.47 Å². The molecule has 25 heavy (non-hydrogen) atoms. The van der Waals surface area contributed by atoms with E-state index in [2.05, 4.69) is 58.5 Å². The van der Waals surface area contributed by atoms with Crippen molar-refractivity contribution in [1.82, 2.24) is 5.32 Å².